The summed E-state index contributed by atoms with van der Waals surface area (Å²) in [5, 5.41) is 3.10. The smallest absolute Gasteiger partial charge is 0.213 e. The third-order valence-corrected chi connectivity index (χ3v) is 3.61. The van der Waals surface area contributed by atoms with Crippen molar-refractivity contribution in [2.24, 2.45) is 10.7 Å². The van der Waals surface area contributed by atoms with E-state index in [0.717, 1.165) is 17.5 Å². The minimum absolute atomic E-state index is 0. The van der Waals surface area contributed by atoms with Gasteiger partial charge in [0.1, 0.15) is 0 Å². The van der Waals surface area contributed by atoms with Crippen LogP contribution in [-0.4, -0.2) is 38.8 Å². The molecule has 0 aliphatic carbocycles. The van der Waals surface area contributed by atoms with E-state index in [4.69, 9.17) is 19.9 Å². The molecule has 0 radical (unpaired) electrons. The first-order chi connectivity index (χ1) is 12.2. The van der Waals surface area contributed by atoms with E-state index in [1.807, 2.05) is 30.3 Å². The van der Waals surface area contributed by atoms with Crippen LogP contribution in [0.2, 0.25) is 0 Å². The topological polar surface area (TPSA) is 91.0 Å². The normalized spacial score (nSPS) is 10.7. The molecule has 0 bridgehead atoms. The van der Waals surface area contributed by atoms with Crippen molar-refractivity contribution < 1.29 is 14.2 Å². The van der Waals surface area contributed by atoms with Gasteiger partial charge in [0.25, 0.3) is 0 Å². The van der Waals surface area contributed by atoms with Crippen molar-refractivity contribution in [2.75, 3.05) is 27.9 Å². The number of aromatic nitrogens is 1. The fraction of sp³-hybridized carbons (Fsp3) is 0.333. The summed E-state index contributed by atoms with van der Waals surface area (Å²) in [4.78, 5) is 8.38. The van der Waals surface area contributed by atoms with Crippen LogP contribution >= 0.6 is 24.0 Å². The van der Waals surface area contributed by atoms with Gasteiger partial charge in [0.05, 0.1) is 27.9 Å². The van der Waals surface area contributed by atoms with E-state index < -0.39 is 0 Å². The lowest BCUT2D eigenvalue weighted by atomic mass is 10.1. The van der Waals surface area contributed by atoms with Crippen LogP contribution in [0, 0.1) is 0 Å². The van der Waals surface area contributed by atoms with E-state index in [-0.39, 0.29) is 24.0 Å². The highest BCUT2D eigenvalue weighted by atomic mass is 127. The minimum Gasteiger partial charge on any atom is -0.493 e. The second-order valence-electron chi connectivity index (χ2n) is 5.27. The van der Waals surface area contributed by atoms with Crippen LogP contribution in [0.25, 0.3) is 0 Å². The summed E-state index contributed by atoms with van der Waals surface area (Å²) in [6, 6.07) is 9.56. The molecular weight excluding hydrogens is 447 g/mol. The van der Waals surface area contributed by atoms with Crippen molar-refractivity contribution in [3.8, 4) is 17.4 Å². The fourth-order valence-electron chi connectivity index (χ4n) is 2.26. The van der Waals surface area contributed by atoms with Gasteiger partial charge in [-0.05, 0) is 35.7 Å². The largest absolute Gasteiger partial charge is 0.493 e. The van der Waals surface area contributed by atoms with Crippen molar-refractivity contribution in [1.29, 1.82) is 0 Å². The van der Waals surface area contributed by atoms with Gasteiger partial charge in [-0.2, -0.15) is 0 Å². The number of guanidine groups is 1. The molecule has 0 aliphatic heterocycles. The zero-order chi connectivity index (χ0) is 18.1. The van der Waals surface area contributed by atoms with Gasteiger partial charge in [-0.1, -0.05) is 6.07 Å². The molecule has 0 fully saturated rings. The molecule has 142 valence electrons. The Balaban J connectivity index is 0.00000338. The molecule has 3 N–H and O–H groups in total. The van der Waals surface area contributed by atoms with E-state index >= 15 is 0 Å². The molecule has 1 aromatic carbocycles. The Morgan fingerprint density at radius 2 is 1.81 bits per heavy atom. The standard InChI is InChI=1S/C18H24N4O3.HI/c1-23-15-5-4-13(10-16(15)24-2)6-9-21-18(19)22-12-14-7-8-20-17(11-14)25-3;/h4-5,7-8,10-11H,6,9,12H2,1-3H3,(H3,19,21,22);1H. The van der Waals surface area contributed by atoms with Crippen LogP contribution in [0.1, 0.15) is 11.1 Å². The lowest BCUT2D eigenvalue weighted by Crippen LogP contribution is -2.33. The lowest BCUT2D eigenvalue weighted by molar-refractivity contribution is 0.354. The number of rotatable bonds is 8. The number of nitrogens with zero attached hydrogens (tertiary/aromatic N) is 2. The van der Waals surface area contributed by atoms with Gasteiger partial charge < -0.3 is 25.3 Å². The average molecular weight is 472 g/mol. The van der Waals surface area contributed by atoms with Crippen LogP contribution in [0.3, 0.4) is 0 Å². The highest BCUT2D eigenvalue weighted by Gasteiger charge is 2.04. The number of halogens is 1. The van der Waals surface area contributed by atoms with Crippen molar-refractivity contribution in [3.05, 3.63) is 47.7 Å². The van der Waals surface area contributed by atoms with E-state index in [1.54, 1.807) is 27.5 Å². The molecule has 0 unspecified atom stereocenters. The summed E-state index contributed by atoms with van der Waals surface area (Å²) in [6.07, 6.45) is 2.48. The van der Waals surface area contributed by atoms with Crippen LogP contribution < -0.4 is 25.3 Å². The fourth-order valence-corrected chi connectivity index (χ4v) is 2.26. The monoisotopic (exact) mass is 472 g/mol. The molecule has 26 heavy (non-hydrogen) atoms. The third kappa shape index (κ3) is 6.58. The first-order valence-electron chi connectivity index (χ1n) is 7.90. The summed E-state index contributed by atoms with van der Waals surface area (Å²) in [5.41, 5.74) is 8.01. The number of hydrogen-bond donors (Lipinski definition) is 2. The van der Waals surface area contributed by atoms with E-state index in [1.165, 1.54) is 0 Å². The first-order valence-corrected chi connectivity index (χ1v) is 7.90. The number of pyridine rings is 1. The van der Waals surface area contributed by atoms with Gasteiger partial charge in [-0.15, -0.1) is 24.0 Å². The summed E-state index contributed by atoms with van der Waals surface area (Å²) in [6.45, 7) is 1.14. The Bertz CT molecular complexity index is 725. The van der Waals surface area contributed by atoms with Crippen LogP contribution in [0.5, 0.6) is 17.4 Å². The Hall–Kier alpha value is -2.23. The molecular formula is C18H25IN4O3. The zero-order valence-corrected chi connectivity index (χ0v) is 17.5. The number of methoxy groups -OCH3 is 3. The maximum atomic E-state index is 5.91. The number of ether oxygens (including phenoxy) is 3. The Morgan fingerprint density at radius 1 is 1.04 bits per heavy atom. The molecule has 8 heteroatoms. The van der Waals surface area contributed by atoms with Crippen molar-refractivity contribution in [3.63, 3.8) is 0 Å². The number of benzene rings is 1. The van der Waals surface area contributed by atoms with E-state index in [9.17, 15) is 0 Å². The Labute approximate surface area is 171 Å². The second kappa shape index (κ2) is 11.4. The van der Waals surface area contributed by atoms with Crippen LogP contribution in [0.4, 0.5) is 0 Å². The number of aliphatic imine (C=N–C) groups is 1. The van der Waals surface area contributed by atoms with E-state index in [0.29, 0.717) is 36.4 Å². The third-order valence-electron chi connectivity index (χ3n) is 3.61. The SMILES string of the molecule is COc1cc(CN=C(N)NCCc2ccc(OC)c(OC)c2)ccn1.I. The first kappa shape index (κ1) is 21.8. The van der Waals surface area contributed by atoms with Crippen LogP contribution in [0.15, 0.2) is 41.5 Å². The molecule has 1 heterocycles. The van der Waals surface area contributed by atoms with Crippen molar-refractivity contribution >= 4 is 29.9 Å². The summed E-state index contributed by atoms with van der Waals surface area (Å²) in [7, 11) is 4.83. The number of nitrogens with one attached hydrogen (secondary N) is 1. The van der Waals surface area contributed by atoms with Gasteiger partial charge in [-0.25, -0.2) is 9.98 Å². The molecule has 2 aromatic rings. The highest BCUT2D eigenvalue weighted by Crippen LogP contribution is 2.27. The molecule has 0 spiro atoms. The van der Waals surface area contributed by atoms with Crippen molar-refractivity contribution in [2.45, 2.75) is 13.0 Å². The second-order valence-corrected chi connectivity index (χ2v) is 5.27. The zero-order valence-electron chi connectivity index (χ0n) is 15.2. The predicted molar refractivity (Wildman–Crippen MR) is 113 cm³/mol. The maximum Gasteiger partial charge on any atom is 0.213 e. The van der Waals surface area contributed by atoms with Gasteiger partial charge in [0.15, 0.2) is 17.5 Å². The predicted octanol–water partition coefficient (Wildman–Crippen LogP) is 2.37. The highest BCUT2D eigenvalue weighted by molar-refractivity contribution is 14.0. The van der Waals surface area contributed by atoms with Gasteiger partial charge in [0, 0.05) is 18.8 Å². The molecule has 0 saturated heterocycles. The molecule has 0 amide bonds. The van der Waals surface area contributed by atoms with Gasteiger partial charge in [-0.3, -0.25) is 0 Å². The summed E-state index contributed by atoms with van der Waals surface area (Å²) < 4.78 is 15.6. The molecule has 7 nitrogen and oxygen atoms in total. The van der Waals surface area contributed by atoms with Gasteiger partial charge in [0.2, 0.25) is 5.88 Å². The summed E-state index contributed by atoms with van der Waals surface area (Å²) in [5.74, 6) is 2.39. The average Bonchev–Trinajstić information content (AvgIpc) is 2.66. The Morgan fingerprint density at radius 3 is 2.50 bits per heavy atom. The number of nitrogens with two attached hydrogens (primary N) is 1. The molecule has 0 atom stereocenters. The maximum absolute atomic E-state index is 5.91. The lowest BCUT2D eigenvalue weighted by Gasteiger charge is -2.10. The van der Waals surface area contributed by atoms with Gasteiger partial charge >= 0.3 is 0 Å². The summed E-state index contributed by atoms with van der Waals surface area (Å²) >= 11 is 0. The minimum atomic E-state index is 0. The Kier molecular flexibility index (Phi) is 9.56. The van der Waals surface area contributed by atoms with Crippen molar-refractivity contribution in [1.82, 2.24) is 10.3 Å². The van der Waals surface area contributed by atoms with E-state index in [2.05, 4.69) is 15.3 Å². The molecule has 0 saturated carbocycles. The molecule has 0 aliphatic rings. The molecule has 2 rings (SSSR count). The molecule has 1 aromatic heterocycles. The van der Waals surface area contributed by atoms with Crippen LogP contribution in [-0.2, 0) is 13.0 Å². The number of hydrogen-bond acceptors (Lipinski definition) is 5. The quantitative estimate of drug-likeness (QED) is 0.349.